The number of ether oxygens (including phenoxy) is 1. The van der Waals surface area contributed by atoms with Crippen LogP contribution in [0.4, 0.5) is 11.7 Å². The maximum absolute atomic E-state index is 5.99. The number of nitrogens with one attached hydrogen (secondary N) is 1. The fourth-order valence-corrected chi connectivity index (χ4v) is 4.76. The minimum atomic E-state index is 0.572. The molecule has 6 rings (SSSR count). The number of nitrogens with zero attached hydrogens (tertiary/aromatic N) is 4. The van der Waals surface area contributed by atoms with E-state index in [1.165, 1.54) is 22.2 Å². The number of benzene rings is 1. The largest absolute Gasteiger partial charge is 0.423 e. The molecule has 0 saturated carbocycles. The summed E-state index contributed by atoms with van der Waals surface area (Å²) in [4.78, 5) is 17.1. The van der Waals surface area contributed by atoms with Crippen LogP contribution in [-0.4, -0.2) is 54.3 Å². The molecule has 1 N–H and O–H groups in total. The van der Waals surface area contributed by atoms with Crippen LogP contribution in [0.3, 0.4) is 0 Å². The summed E-state index contributed by atoms with van der Waals surface area (Å²) < 4.78 is 11.4. The standard InChI is InChI=1S/C23H25N5O2/c1-2-22-21(26-23(30-22)28-9-11-29-12-10-28)13-17(1)27-7-4-16(5-8-27)18-15-25-20-3-6-24-14-19(18)20/h1-3,6,13-16,25H,4-5,7-12H2. The number of pyridine rings is 1. The molecule has 0 unspecified atom stereocenters. The number of morpholine rings is 1. The van der Waals surface area contributed by atoms with Gasteiger partial charge in [0.15, 0.2) is 5.58 Å². The third kappa shape index (κ3) is 3.10. The molecule has 2 aliphatic heterocycles. The average Bonchev–Trinajstić information content (AvgIpc) is 3.44. The maximum atomic E-state index is 5.99. The molecule has 5 heterocycles. The Balaban J connectivity index is 1.19. The molecule has 7 heteroatoms. The normalized spacial score (nSPS) is 18.5. The van der Waals surface area contributed by atoms with E-state index in [1.54, 1.807) is 0 Å². The van der Waals surface area contributed by atoms with Gasteiger partial charge in [-0.25, -0.2) is 0 Å². The number of hydrogen-bond donors (Lipinski definition) is 1. The Morgan fingerprint density at radius 1 is 1.00 bits per heavy atom. The van der Waals surface area contributed by atoms with Gasteiger partial charge < -0.3 is 23.9 Å². The van der Waals surface area contributed by atoms with E-state index in [1.807, 2.05) is 18.5 Å². The summed E-state index contributed by atoms with van der Waals surface area (Å²) in [5.74, 6) is 0.572. The van der Waals surface area contributed by atoms with Crippen molar-refractivity contribution in [3.05, 3.63) is 48.4 Å². The van der Waals surface area contributed by atoms with Crippen LogP contribution in [0.5, 0.6) is 0 Å². The second-order valence-electron chi connectivity index (χ2n) is 8.17. The number of oxazole rings is 1. The SMILES string of the molecule is c1cc2[nH]cc(C3CCN(c4ccc5oc(N6CCOCC6)nc5c4)CC3)c2cn1. The van der Waals surface area contributed by atoms with Crippen molar-refractivity contribution >= 4 is 33.7 Å². The molecule has 0 atom stereocenters. The molecule has 2 aliphatic rings. The molecular formula is C23H25N5O2. The lowest BCUT2D eigenvalue weighted by Gasteiger charge is -2.33. The highest BCUT2D eigenvalue weighted by Gasteiger charge is 2.24. The zero-order valence-corrected chi connectivity index (χ0v) is 16.9. The number of hydrogen-bond acceptors (Lipinski definition) is 6. The predicted octanol–water partition coefficient (Wildman–Crippen LogP) is 3.92. The summed E-state index contributed by atoms with van der Waals surface area (Å²) in [6.07, 6.45) is 8.27. The summed E-state index contributed by atoms with van der Waals surface area (Å²) in [5, 5.41) is 1.26. The van der Waals surface area contributed by atoms with Gasteiger partial charge in [0.2, 0.25) is 0 Å². The van der Waals surface area contributed by atoms with Gasteiger partial charge in [0.05, 0.1) is 13.2 Å². The van der Waals surface area contributed by atoms with Crippen LogP contribution in [0.25, 0.3) is 22.0 Å². The molecular weight excluding hydrogens is 378 g/mol. The Labute approximate surface area is 174 Å². The van der Waals surface area contributed by atoms with Crippen molar-refractivity contribution < 1.29 is 9.15 Å². The van der Waals surface area contributed by atoms with Crippen molar-refractivity contribution in [2.75, 3.05) is 49.2 Å². The van der Waals surface area contributed by atoms with Crippen LogP contribution in [0.15, 0.2) is 47.3 Å². The van der Waals surface area contributed by atoms with Gasteiger partial charge >= 0.3 is 0 Å². The zero-order valence-electron chi connectivity index (χ0n) is 16.9. The Bertz CT molecular complexity index is 1170. The smallest absolute Gasteiger partial charge is 0.298 e. The lowest BCUT2D eigenvalue weighted by molar-refractivity contribution is 0.120. The number of anilines is 2. The van der Waals surface area contributed by atoms with Crippen LogP contribution in [0.2, 0.25) is 0 Å². The van der Waals surface area contributed by atoms with Gasteiger partial charge in [-0.1, -0.05) is 0 Å². The van der Waals surface area contributed by atoms with Crippen molar-refractivity contribution in [1.82, 2.24) is 15.0 Å². The second-order valence-corrected chi connectivity index (χ2v) is 8.17. The second kappa shape index (κ2) is 7.32. The van der Waals surface area contributed by atoms with Gasteiger partial charge in [-0.15, -0.1) is 0 Å². The van der Waals surface area contributed by atoms with Crippen molar-refractivity contribution in [2.45, 2.75) is 18.8 Å². The number of rotatable bonds is 3. The van der Waals surface area contributed by atoms with Crippen LogP contribution in [0.1, 0.15) is 24.3 Å². The van der Waals surface area contributed by atoms with Crippen molar-refractivity contribution in [2.24, 2.45) is 0 Å². The van der Waals surface area contributed by atoms with Gasteiger partial charge in [-0.2, -0.15) is 4.98 Å². The molecule has 0 aliphatic carbocycles. The topological polar surface area (TPSA) is 70.4 Å². The molecule has 154 valence electrons. The van der Waals surface area contributed by atoms with E-state index in [9.17, 15) is 0 Å². The van der Waals surface area contributed by atoms with Crippen LogP contribution >= 0.6 is 0 Å². The molecule has 0 spiro atoms. The zero-order chi connectivity index (χ0) is 19.9. The van der Waals surface area contributed by atoms with E-state index in [-0.39, 0.29) is 0 Å². The minimum Gasteiger partial charge on any atom is -0.423 e. The van der Waals surface area contributed by atoms with E-state index in [0.29, 0.717) is 11.9 Å². The first-order chi connectivity index (χ1) is 14.8. The summed E-state index contributed by atoms with van der Waals surface area (Å²) >= 11 is 0. The fraction of sp³-hybridized carbons (Fsp3) is 0.391. The number of piperidine rings is 1. The van der Waals surface area contributed by atoms with E-state index >= 15 is 0 Å². The summed E-state index contributed by atoms with van der Waals surface area (Å²) in [7, 11) is 0. The van der Waals surface area contributed by atoms with Gasteiger partial charge in [-0.3, -0.25) is 4.98 Å². The van der Waals surface area contributed by atoms with Gasteiger partial charge in [-0.05, 0) is 48.6 Å². The van der Waals surface area contributed by atoms with Crippen LogP contribution in [0, 0.1) is 0 Å². The summed E-state index contributed by atoms with van der Waals surface area (Å²) in [6, 6.07) is 9.13. The average molecular weight is 403 g/mol. The maximum Gasteiger partial charge on any atom is 0.298 e. The molecule has 30 heavy (non-hydrogen) atoms. The number of aromatic amines is 1. The first-order valence-electron chi connectivity index (χ1n) is 10.7. The van der Waals surface area contributed by atoms with E-state index in [2.05, 4.69) is 44.2 Å². The van der Waals surface area contributed by atoms with Gasteiger partial charge in [0.25, 0.3) is 6.01 Å². The van der Waals surface area contributed by atoms with E-state index in [0.717, 1.165) is 63.3 Å². The van der Waals surface area contributed by atoms with Crippen LogP contribution in [-0.2, 0) is 4.74 Å². The summed E-state index contributed by atoms with van der Waals surface area (Å²) in [5.41, 5.74) is 5.58. The Hall–Kier alpha value is -3.06. The molecule has 4 aromatic rings. The molecule has 7 nitrogen and oxygen atoms in total. The highest BCUT2D eigenvalue weighted by molar-refractivity contribution is 5.83. The highest BCUT2D eigenvalue weighted by atomic mass is 16.5. The Morgan fingerprint density at radius 2 is 1.87 bits per heavy atom. The van der Waals surface area contributed by atoms with Crippen molar-refractivity contribution in [1.29, 1.82) is 0 Å². The van der Waals surface area contributed by atoms with Gasteiger partial charge in [0, 0.05) is 61.4 Å². The number of fused-ring (bicyclic) bond motifs is 2. The third-order valence-corrected chi connectivity index (χ3v) is 6.46. The fourth-order valence-electron chi connectivity index (χ4n) is 4.76. The minimum absolute atomic E-state index is 0.572. The molecule has 0 bridgehead atoms. The number of aromatic nitrogens is 3. The third-order valence-electron chi connectivity index (χ3n) is 6.46. The monoisotopic (exact) mass is 403 g/mol. The van der Waals surface area contributed by atoms with E-state index < -0.39 is 0 Å². The predicted molar refractivity (Wildman–Crippen MR) is 117 cm³/mol. The lowest BCUT2D eigenvalue weighted by atomic mass is 9.89. The first-order valence-corrected chi connectivity index (χ1v) is 10.7. The molecule has 0 amide bonds. The highest BCUT2D eigenvalue weighted by Crippen LogP contribution is 2.35. The quantitative estimate of drug-likeness (QED) is 0.559. The molecule has 3 aromatic heterocycles. The lowest BCUT2D eigenvalue weighted by Crippen LogP contribution is -2.36. The molecule has 0 radical (unpaired) electrons. The molecule has 2 fully saturated rings. The first kappa shape index (κ1) is 17.8. The molecule has 2 saturated heterocycles. The van der Waals surface area contributed by atoms with Crippen molar-refractivity contribution in [3.8, 4) is 0 Å². The summed E-state index contributed by atoms with van der Waals surface area (Å²) in [6.45, 7) is 5.19. The Morgan fingerprint density at radius 3 is 2.73 bits per heavy atom. The van der Waals surface area contributed by atoms with Gasteiger partial charge in [0.1, 0.15) is 5.52 Å². The van der Waals surface area contributed by atoms with Crippen molar-refractivity contribution in [3.63, 3.8) is 0 Å². The Kier molecular flexibility index (Phi) is 4.34. The number of H-pyrrole nitrogens is 1. The van der Waals surface area contributed by atoms with Crippen LogP contribution < -0.4 is 9.80 Å². The van der Waals surface area contributed by atoms with E-state index in [4.69, 9.17) is 14.1 Å². The molecule has 1 aromatic carbocycles.